The molecular formula is C25H31F2N3O3. The first kappa shape index (κ1) is 24.8. The van der Waals surface area contributed by atoms with Crippen LogP contribution in [-0.4, -0.2) is 54.0 Å². The first-order chi connectivity index (χ1) is 15.9. The van der Waals surface area contributed by atoms with E-state index >= 15 is 0 Å². The van der Waals surface area contributed by atoms with Gasteiger partial charge in [0.1, 0.15) is 11.6 Å². The van der Waals surface area contributed by atoms with Crippen LogP contribution >= 0.6 is 0 Å². The summed E-state index contributed by atoms with van der Waals surface area (Å²) < 4.78 is 34.4. The zero-order valence-corrected chi connectivity index (χ0v) is 18.9. The number of aromatic nitrogens is 1. The van der Waals surface area contributed by atoms with Crippen LogP contribution in [0.2, 0.25) is 0 Å². The second-order valence-corrected chi connectivity index (χ2v) is 8.31. The van der Waals surface area contributed by atoms with Crippen molar-refractivity contribution in [2.45, 2.75) is 44.5 Å². The van der Waals surface area contributed by atoms with Crippen LogP contribution in [0.4, 0.5) is 8.78 Å². The molecule has 33 heavy (non-hydrogen) atoms. The van der Waals surface area contributed by atoms with Crippen molar-refractivity contribution in [3.8, 4) is 0 Å². The van der Waals surface area contributed by atoms with E-state index in [2.05, 4.69) is 10.6 Å². The Bertz CT molecular complexity index is 1040. The molecule has 3 rings (SSSR count). The molecule has 6 nitrogen and oxygen atoms in total. The van der Waals surface area contributed by atoms with Crippen LogP contribution in [0.3, 0.4) is 0 Å². The number of halogens is 2. The molecule has 2 aromatic carbocycles. The van der Waals surface area contributed by atoms with Crippen molar-refractivity contribution in [3.05, 3.63) is 71.9 Å². The predicted octanol–water partition coefficient (Wildman–Crippen LogP) is 3.02. The Morgan fingerprint density at radius 2 is 1.88 bits per heavy atom. The standard InChI is InChI=1S/C25H31F2N3O3/c1-17(16-33-2)28-15-24(31)22(13-18-11-20(26)14-21(27)12-18)29-25(32)8-10-30-9-7-19-5-3-4-6-23(19)30/h3-7,9,11-12,14,17,22,24,28,31H,8,10,13,15-16H2,1-2H3,(H,29,32). The molecular weight excluding hydrogens is 428 g/mol. The zero-order chi connectivity index (χ0) is 23.8. The number of methoxy groups -OCH3 is 1. The van der Waals surface area contributed by atoms with E-state index in [-0.39, 0.29) is 31.3 Å². The SMILES string of the molecule is COCC(C)NCC(O)C(Cc1cc(F)cc(F)c1)NC(=O)CCn1ccc2ccccc21. The lowest BCUT2D eigenvalue weighted by molar-refractivity contribution is -0.122. The number of aryl methyl sites for hydroxylation is 1. The molecule has 8 heteroatoms. The van der Waals surface area contributed by atoms with E-state index in [1.165, 1.54) is 12.1 Å². The molecule has 0 saturated carbocycles. The number of carbonyl (C=O) groups is 1. The molecule has 3 atom stereocenters. The minimum Gasteiger partial charge on any atom is -0.390 e. The Morgan fingerprint density at radius 1 is 1.15 bits per heavy atom. The van der Waals surface area contributed by atoms with Crippen LogP contribution in [0.5, 0.6) is 0 Å². The van der Waals surface area contributed by atoms with Gasteiger partial charge < -0.3 is 25.0 Å². The highest BCUT2D eigenvalue weighted by Crippen LogP contribution is 2.16. The number of benzene rings is 2. The molecule has 0 aliphatic heterocycles. The summed E-state index contributed by atoms with van der Waals surface area (Å²) in [4.78, 5) is 12.7. The van der Waals surface area contributed by atoms with Crippen LogP contribution in [-0.2, 0) is 22.5 Å². The number of fused-ring (bicyclic) bond motifs is 1. The molecule has 0 spiro atoms. The van der Waals surface area contributed by atoms with Gasteiger partial charge >= 0.3 is 0 Å². The molecule has 3 unspecified atom stereocenters. The fourth-order valence-electron chi connectivity index (χ4n) is 3.88. The van der Waals surface area contributed by atoms with Crippen molar-refractivity contribution in [1.82, 2.24) is 15.2 Å². The van der Waals surface area contributed by atoms with Gasteiger partial charge in [-0.05, 0) is 48.6 Å². The summed E-state index contributed by atoms with van der Waals surface area (Å²) in [6.07, 6.45) is 1.26. The molecule has 0 saturated heterocycles. The summed E-state index contributed by atoms with van der Waals surface area (Å²) in [6.45, 7) is 3.03. The van der Waals surface area contributed by atoms with Crippen molar-refractivity contribution in [1.29, 1.82) is 0 Å². The Labute approximate surface area is 192 Å². The number of amides is 1. The lowest BCUT2D eigenvalue weighted by Gasteiger charge is -2.26. The van der Waals surface area contributed by atoms with Gasteiger partial charge in [0.05, 0.1) is 18.8 Å². The van der Waals surface area contributed by atoms with E-state index in [1.54, 1.807) is 7.11 Å². The minimum atomic E-state index is -0.966. The molecule has 0 aliphatic carbocycles. The van der Waals surface area contributed by atoms with Gasteiger partial charge in [-0.1, -0.05) is 18.2 Å². The third-order valence-corrected chi connectivity index (χ3v) is 5.54. The van der Waals surface area contributed by atoms with E-state index in [1.807, 2.05) is 48.0 Å². The summed E-state index contributed by atoms with van der Waals surface area (Å²) in [7, 11) is 1.59. The summed E-state index contributed by atoms with van der Waals surface area (Å²) in [5, 5.41) is 17.8. The number of rotatable bonds is 12. The summed E-state index contributed by atoms with van der Waals surface area (Å²) in [5.74, 6) is -1.65. The number of aliphatic hydroxyl groups is 1. The normalized spacial score (nSPS) is 14.2. The van der Waals surface area contributed by atoms with Crippen molar-refractivity contribution in [3.63, 3.8) is 0 Å². The number of hydrogen-bond acceptors (Lipinski definition) is 4. The monoisotopic (exact) mass is 459 g/mol. The average Bonchev–Trinajstić information content (AvgIpc) is 3.18. The molecule has 0 bridgehead atoms. The fraction of sp³-hybridized carbons (Fsp3) is 0.400. The Hall–Kier alpha value is -2.81. The van der Waals surface area contributed by atoms with Crippen LogP contribution < -0.4 is 10.6 Å². The molecule has 3 N–H and O–H groups in total. The summed E-state index contributed by atoms with van der Waals surface area (Å²) in [6, 6.07) is 12.4. The maximum atomic E-state index is 13.7. The van der Waals surface area contributed by atoms with E-state index in [4.69, 9.17) is 4.74 Å². The molecule has 1 aromatic heterocycles. The van der Waals surface area contributed by atoms with Crippen LogP contribution in [0.15, 0.2) is 54.7 Å². The van der Waals surface area contributed by atoms with Crippen molar-refractivity contribution in [2.24, 2.45) is 0 Å². The van der Waals surface area contributed by atoms with E-state index < -0.39 is 23.8 Å². The van der Waals surface area contributed by atoms with Gasteiger partial charge in [0, 0.05) is 50.4 Å². The van der Waals surface area contributed by atoms with Gasteiger partial charge in [0.25, 0.3) is 0 Å². The van der Waals surface area contributed by atoms with Gasteiger partial charge in [-0.2, -0.15) is 0 Å². The van der Waals surface area contributed by atoms with Crippen molar-refractivity contribution in [2.75, 3.05) is 20.3 Å². The predicted molar refractivity (Wildman–Crippen MR) is 124 cm³/mol. The largest absolute Gasteiger partial charge is 0.390 e. The number of aliphatic hydroxyl groups excluding tert-OH is 1. The van der Waals surface area contributed by atoms with Crippen molar-refractivity contribution >= 4 is 16.8 Å². The third-order valence-electron chi connectivity index (χ3n) is 5.54. The minimum absolute atomic E-state index is 0.00497. The van der Waals surface area contributed by atoms with E-state index in [0.29, 0.717) is 18.7 Å². The smallest absolute Gasteiger partial charge is 0.222 e. The second-order valence-electron chi connectivity index (χ2n) is 8.31. The number of nitrogens with one attached hydrogen (secondary N) is 2. The highest BCUT2D eigenvalue weighted by Gasteiger charge is 2.23. The molecule has 178 valence electrons. The van der Waals surface area contributed by atoms with Crippen LogP contribution in [0.25, 0.3) is 10.9 Å². The van der Waals surface area contributed by atoms with Gasteiger partial charge in [0.15, 0.2) is 0 Å². The fourth-order valence-corrected chi connectivity index (χ4v) is 3.88. The van der Waals surface area contributed by atoms with Gasteiger partial charge in [-0.3, -0.25) is 4.79 Å². The first-order valence-electron chi connectivity index (χ1n) is 11.0. The summed E-state index contributed by atoms with van der Waals surface area (Å²) in [5.41, 5.74) is 1.40. The molecule has 0 aliphatic rings. The number of para-hydroxylation sites is 1. The average molecular weight is 460 g/mol. The van der Waals surface area contributed by atoms with Gasteiger partial charge in [0.2, 0.25) is 5.91 Å². The highest BCUT2D eigenvalue weighted by molar-refractivity contribution is 5.80. The first-order valence-corrected chi connectivity index (χ1v) is 11.0. The topological polar surface area (TPSA) is 75.5 Å². The number of ether oxygens (including phenoxy) is 1. The Morgan fingerprint density at radius 3 is 2.61 bits per heavy atom. The number of carbonyl (C=O) groups excluding carboxylic acids is 1. The van der Waals surface area contributed by atoms with Crippen LogP contribution in [0.1, 0.15) is 18.9 Å². The van der Waals surface area contributed by atoms with E-state index in [9.17, 15) is 18.7 Å². The van der Waals surface area contributed by atoms with Crippen LogP contribution in [0, 0.1) is 11.6 Å². The molecule has 1 heterocycles. The molecule has 3 aromatic rings. The lowest BCUT2D eigenvalue weighted by atomic mass is 10.00. The molecule has 0 radical (unpaired) electrons. The molecule has 1 amide bonds. The Kier molecular flexibility index (Phi) is 8.94. The maximum absolute atomic E-state index is 13.7. The summed E-state index contributed by atoms with van der Waals surface area (Å²) >= 11 is 0. The second kappa shape index (κ2) is 11.9. The zero-order valence-electron chi connectivity index (χ0n) is 18.9. The lowest BCUT2D eigenvalue weighted by Crippen LogP contribution is -2.50. The molecule has 0 fully saturated rings. The number of hydrogen-bond donors (Lipinski definition) is 3. The highest BCUT2D eigenvalue weighted by atomic mass is 19.1. The maximum Gasteiger partial charge on any atom is 0.222 e. The van der Waals surface area contributed by atoms with E-state index in [0.717, 1.165) is 17.0 Å². The Balaban J connectivity index is 1.65. The number of nitrogens with zero attached hydrogens (tertiary/aromatic N) is 1. The van der Waals surface area contributed by atoms with Gasteiger partial charge in [-0.25, -0.2) is 8.78 Å². The quantitative estimate of drug-likeness (QED) is 0.389. The van der Waals surface area contributed by atoms with Gasteiger partial charge in [-0.15, -0.1) is 0 Å². The van der Waals surface area contributed by atoms with Crippen molar-refractivity contribution < 1.29 is 23.4 Å². The third kappa shape index (κ3) is 7.35.